The number of alkyl halides is 1. The van der Waals surface area contributed by atoms with Crippen LogP contribution in [0.5, 0.6) is 5.75 Å². The van der Waals surface area contributed by atoms with E-state index in [1.54, 1.807) is 7.11 Å². The smallest absolute Gasteiger partial charge is 0.324 e. The van der Waals surface area contributed by atoms with Gasteiger partial charge in [0.15, 0.2) is 0 Å². The number of halogens is 1. The van der Waals surface area contributed by atoms with Crippen LogP contribution in [0.25, 0.3) is 0 Å². The van der Waals surface area contributed by atoms with E-state index in [1.807, 2.05) is 54.6 Å². The van der Waals surface area contributed by atoms with Crippen LogP contribution in [-0.4, -0.2) is 18.5 Å². The fourth-order valence-corrected chi connectivity index (χ4v) is 2.11. The normalized spacial score (nSPS) is 11.7. The Hall–Kier alpha value is -2.00. The van der Waals surface area contributed by atoms with Crippen LogP contribution in [0.2, 0.25) is 0 Å². The van der Waals surface area contributed by atoms with Crippen molar-refractivity contribution in [2.45, 2.75) is 18.4 Å². The summed E-state index contributed by atoms with van der Waals surface area (Å²) in [5, 5.41) is -0.692. The van der Waals surface area contributed by atoms with Crippen LogP contribution in [0, 0.1) is 0 Å². The maximum Gasteiger partial charge on any atom is 0.324 e. The molecular formula is C17H17ClO3. The second-order valence-electron chi connectivity index (χ2n) is 4.61. The van der Waals surface area contributed by atoms with Gasteiger partial charge in [-0.2, -0.15) is 0 Å². The van der Waals surface area contributed by atoms with E-state index in [-0.39, 0.29) is 6.61 Å². The summed E-state index contributed by atoms with van der Waals surface area (Å²) in [5.41, 5.74) is 1.91. The highest BCUT2D eigenvalue weighted by molar-refractivity contribution is 6.30. The number of benzene rings is 2. The first kappa shape index (κ1) is 15.4. The number of rotatable bonds is 6. The molecule has 0 spiro atoms. The molecule has 2 aromatic rings. The van der Waals surface area contributed by atoms with E-state index in [0.29, 0.717) is 6.42 Å². The quantitative estimate of drug-likeness (QED) is 0.604. The lowest BCUT2D eigenvalue weighted by molar-refractivity contribution is -0.144. The van der Waals surface area contributed by atoms with E-state index in [0.717, 1.165) is 16.9 Å². The highest BCUT2D eigenvalue weighted by Gasteiger charge is 2.17. The minimum Gasteiger partial charge on any atom is -0.497 e. The molecule has 21 heavy (non-hydrogen) atoms. The third kappa shape index (κ3) is 4.80. The van der Waals surface area contributed by atoms with Crippen LogP contribution >= 0.6 is 11.6 Å². The van der Waals surface area contributed by atoms with Gasteiger partial charge in [-0.05, 0) is 29.7 Å². The van der Waals surface area contributed by atoms with Crippen LogP contribution in [0.3, 0.4) is 0 Å². The van der Waals surface area contributed by atoms with Gasteiger partial charge in [-0.15, -0.1) is 11.6 Å². The minimum absolute atomic E-state index is 0.242. The molecule has 0 saturated heterocycles. The van der Waals surface area contributed by atoms with Crippen molar-refractivity contribution in [1.82, 2.24) is 0 Å². The van der Waals surface area contributed by atoms with E-state index in [2.05, 4.69) is 0 Å². The molecule has 2 rings (SSSR count). The molecule has 0 aliphatic carbocycles. The molecule has 4 heteroatoms. The van der Waals surface area contributed by atoms with E-state index in [9.17, 15) is 4.79 Å². The van der Waals surface area contributed by atoms with Gasteiger partial charge in [0, 0.05) is 0 Å². The molecule has 2 aromatic carbocycles. The van der Waals surface area contributed by atoms with Crippen molar-refractivity contribution in [2.75, 3.05) is 7.11 Å². The monoisotopic (exact) mass is 304 g/mol. The Morgan fingerprint density at radius 2 is 1.71 bits per heavy atom. The number of carbonyl (C=O) groups is 1. The molecule has 0 amide bonds. The average molecular weight is 305 g/mol. The third-order valence-electron chi connectivity index (χ3n) is 3.05. The summed E-state index contributed by atoms with van der Waals surface area (Å²) < 4.78 is 10.3. The molecule has 0 N–H and O–H groups in total. The lowest BCUT2D eigenvalue weighted by Crippen LogP contribution is -2.20. The van der Waals surface area contributed by atoms with E-state index < -0.39 is 11.3 Å². The molecule has 0 aliphatic rings. The highest BCUT2D eigenvalue weighted by Crippen LogP contribution is 2.15. The Labute approximate surface area is 129 Å². The topological polar surface area (TPSA) is 35.5 Å². The van der Waals surface area contributed by atoms with Crippen LogP contribution < -0.4 is 4.74 Å². The lowest BCUT2D eigenvalue weighted by Gasteiger charge is -2.10. The standard InChI is InChI=1S/C17H17ClO3/c1-20-15-9-7-13(8-10-15)11-16(18)17(19)21-12-14-5-3-2-4-6-14/h2-10,16H,11-12H2,1H3. The summed E-state index contributed by atoms with van der Waals surface area (Å²) in [6.45, 7) is 0.242. The first-order chi connectivity index (χ1) is 10.2. The van der Waals surface area contributed by atoms with Crippen LogP contribution in [0.4, 0.5) is 0 Å². The van der Waals surface area contributed by atoms with Gasteiger partial charge < -0.3 is 9.47 Å². The molecule has 0 radical (unpaired) electrons. The highest BCUT2D eigenvalue weighted by atomic mass is 35.5. The molecule has 110 valence electrons. The van der Waals surface area contributed by atoms with Crippen molar-refractivity contribution in [3.63, 3.8) is 0 Å². The zero-order chi connectivity index (χ0) is 15.1. The zero-order valence-corrected chi connectivity index (χ0v) is 12.5. The summed E-state index contributed by atoms with van der Waals surface area (Å²) in [6, 6.07) is 17.0. The molecule has 1 unspecified atom stereocenters. The molecule has 0 aromatic heterocycles. The summed E-state index contributed by atoms with van der Waals surface area (Å²) in [7, 11) is 1.61. The Morgan fingerprint density at radius 1 is 1.05 bits per heavy atom. The lowest BCUT2D eigenvalue weighted by atomic mass is 10.1. The second kappa shape index (κ2) is 7.70. The maximum absolute atomic E-state index is 11.9. The van der Waals surface area contributed by atoms with Gasteiger partial charge in [-0.25, -0.2) is 0 Å². The fraction of sp³-hybridized carbons (Fsp3) is 0.235. The third-order valence-corrected chi connectivity index (χ3v) is 3.39. The van der Waals surface area contributed by atoms with E-state index in [4.69, 9.17) is 21.1 Å². The van der Waals surface area contributed by atoms with Gasteiger partial charge in [-0.1, -0.05) is 42.5 Å². The summed E-state index contributed by atoms with van der Waals surface area (Å²) in [5.74, 6) is 0.368. The van der Waals surface area contributed by atoms with Crippen molar-refractivity contribution in [3.8, 4) is 5.75 Å². The van der Waals surface area contributed by atoms with Gasteiger partial charge in [0.25, 0.3) is 0 Å². The summed E-state index contributed by atoms with van der Waals surface area (Å²) >= 11 is 6.10. The number of hydrogen-bond acceptors (Lipinski definition) is 3. The van der Waals surface area contributed by atoms with Gasteiger partial charge >= 0.3 is 5.97 Å². The second-order valence-corrected chi connectivity index (χ2v) is 5.14. The Morgan fingerprint density at radius 3 is 2.33 bits per heavy atom. The molecule has 3 nitrogen and oxygen atoms in total. The summed E-state index contributed by atoms with van der Waals surface area (Å²) in [6.07, 6.45) is 0.430. The number of carbonyl (C=O) groups excluding carboxylic acids is 1. The summed E-state index contributed by atoms with van der Waals surface area (Å²) in [4.78, 5) is 11.9. The van der Waals surface area contributed by atoms with Crippen molar-refractivity contribution in [2.24, 2.45) is 0 Å². The van der Waals surface area contributed by atoms with Gasteiger partial charge in [0.2, 0.25) is 0 Å². The van der Waals surface area contributed by atoms with Crippen LogP contribution in [0.1, 0.15) is 11.1 Å². The van der Waals surface area contributed by atoms with Gasteiger partial charge in [-0.3, -0.25) is 4.79 Å². The van der Waals surface area contributed by atoms with Gasteiger partial charge in [0.05, 0.1) is 7.11 Å². The molecule has 1 atom stereocenters. The van der Waals surface area contributed by atoms with Crippen LogP contribution in [-0.2, 0) is 22.6 Å². The van der Waals surface area contributed by atoms with Crippen molar-refractivity contribution < 1.29 is 14.3 Å². The zero-order valence-electron chi connectivity index (χ0n) is 11.8. The average Bonchev–Trinajstić information content (AvgIpc) is 2.54. The number of esters is 1. The number of ether oxygens (including phenoxy) is 2. The molecular weight excluding hydrogens is 288 g/mol. The van der Waals surface area contributed by atoms with Crippen molar-refractivity contribution in [3.05, 3.63) is 65.7 Å². The van der Waals surface area contributed by atoms with E-state index in [1.165, 1.54) is 0 Å². The maximum atomic E-state index is 11.9. The molecule has 0 fully saturated rings. The Balaban J connectivity index is 1.84. The van der Waals surface area contributed by atoms with E-state index >= 15 is 0 Å². The molecule has 0 heterocycles. The first-order valence-corrected chi connectivity index (χ1v) is 7.10. The molecule has 0 aliphatic heterocycles. The Kier molecular flexibility index (Phi) is 5.64. The number of methoxy groups -OCH3 is 1. The molecule has 0 bridgehead atoms. The molecule has 0 saturated carbocycles. The predicted octanol–water partition coefficient (Wildman–Crippen LogP) is 3.59. The first-order valence-electron chi connectivity index (χ1n) is 6.66. The minimum atomic E-state index is -0.692. The SMILES string of the molecule is COc1ccc(CC(Cl)C(=O)OCc2ccccc2)cc1. The Bertz CT molecular complexity index is 566. The van der Waals surface area contributed by atoms with Crippen molar-refractivity contribution in [1.29, 1.82) is 0 Å². The van der Waals surface area contributed by atoms with Crippen molar-refractivity contribution >= 4 is 17.6 Å². The number of hydrogen-bond donors (Lipinski definition) is 0. The fourth-order valence-electron chi connectivity index (χ4n) is 1.87. The predicted molar refractivity (Wildman–Crippen MR) is 82.6 cm³/mol. The van der Waals surface area contributed by atoms with Crippen LogP contribution in [0.15, 0.2) is 54.6 Å². The largest absolute Gasteiger partial charge is 0.497 e. The van der Waals surface area contributed by atoms with Gasteiger partial charge in [0.1, 0.15) is 17.7 Å².